The molecule has 1 aromatic carbocycles. The van der Waals surface area contributed by atoms with Gasteiger partial charge in [0.05, 0.1) is 6.04 Å². The smallest absolute Gasteiger partial charge is 0.157 e. The number of hydrogen-bond donors (Lipinski definition) is 1. The van der Waals surface area contributed by atoms with Gasteiger partial charge in [-0.1, -0.05) is 54.9 Å². The number of nitrogens with one attached hydrogen (secondary N) is 1. The molecule has 96 valence electrons. The first-order valence-corrected chi connectivity index (χ1v) is 7.74. The van der Waals surface area contributed by atoms with Crippen molar-refractivity contribution in [1.82, 2.24) is 4.90 Å². The first kappa shape index (κ1) is 12.1. The Morgan fingerprint density at radius 2 is 1.94 bits per heavy atom. The second kappa shape index (κ2) is 4.96. The van der Waals surface area contributed by atoms with Gasteiger partial charge < -0.3 is 4.90 Å². The summed E-state index contributed by atoms with van der Waals surface area (Å²) >= 11 is 1.79. The predicted octanol–water partition coefficient (Wildman–Crippen LogP) is 4.04. The van der Waals surface area contributed by atoms with Gasteiger partial charge >= 0.3 is 0 Å². The van der Waals surface area contributed by atoms with E-state index in [0.717, 1.165) is 5.17 Å². The van der Waals surface area contributed by atoms with Gasteiger partial charge in [-0.05, 0) is 25.3 Å². The van der Waals surface area contributed by atoms with Crippen LogP contribution in [-0.4, -0.2) is 21.4 Å². The SMILES string of the molecule is C[C@H](c1ccccc1)N1C(=N)S[C@@H]2CCCC[C@@H]21. The van der Waals surface area contributed by atoms with Crippen molar-refractivity contribution < 1.29 is 0 Å². The highest BCUT2D eigenvalue weighted by atomic mass is 32.2. The highest BCUT2D eigenvalue weighted by Gasteiger charge is 2.41. The molecule has 1 saturated heterocycles. The summed E-state index contributed by atoms with van der Waals surface area (Å²) in [5, 5.41) is 9.71. The maximum atomic E-state index is 8.27. The zero-order valence-electron chi connectivity index (χ0n) is 10.8. The van der Waals surface area contributed by atoms with Crippen molar-refractivity contribution in [2.45, 2.75) is 49.9 Å². The van der Waals surface area contributed by atoms with Gasteiger partial charge in [0.2, 0.25) is 0 Å². The molecule has 2 fully saturated rings. The van der Waals surface area contributed by atoms with Crippen LogP contribution in [0.4, 0.5) is 0 Å². The van der Waals surface area contributed by atoms with Crippen LogP contribution >= 0.6 is 11.8 Å². The summed E-state index contributed by atoms with van der Waals surface area (Å²) in [7, 11) is 0. The molecule has 3 atom stereocenters. The molecule has 0 unspecified atom stereocenters. The van der Waals surface area contributed by atoms with Crippen molar-refractivity contribution in [3.8, 4) is 0 Å². The van der Waals surface area contributed by atoms with Crippen LogP contribution in [0.1, 0.15) is 44.2 Å². The highest BCUT2D eigenvalue weighted by molar-refractivity contribution is 8.14. The number of nitrogens with zero attached hydrogens (tertiary/aromatic N) is 1. The third kappa shape index (κ3) is 2.05. The van der Waals surface area contributed by atoms with Crippen LogP contribution in [0.3, 0.4) is 0 Å². The van der Waals surface area contributed by atoms with Crippen LogP contribution in [0.25, 0.3) is 0 Å². The van der Waals surface area contributed by atoms with Crippen LogP contribution in [0.15, 0.2) is 30.3 Å². The van der Waals surface area contributed by atoms with E-state index in [1.807, 2.05) is 0 Å². The van der Waals surface area contributed by atoms with Crippen molar-refractivity contribution in [2.75, 3.05) is 0 Å². The molecule has 0 bridgehead atoms. The van der Waals surface area contributed by atoms with E-state index in [2.05, 4.69) is 42.2 Å². The Hall–Kier alpha value is -0.960. The van der Waals surface area contributed by atoms with Gasteiger partial charge in [0.15, 0.2) is 5.17 Å². The Labute approximate surface area is 113 Å². The monoisotopic (exact) mass is 260 g/mol. The summed E-state index contributed by atoms with van der Waals surface area (Å²) < 4.78 is 0. The van der Waals surface area contributed by atoms with Crippen LogP contribution in [0, 0.1) is 5.41 Å². The summed E-state index contributed by atoms with van der Waals surface area (Å²) in [5.41, 5.74) is 1.33. The van der Waals surface area contributed by atoms with Crippen LogP contribution in [-0.2, 0) is 0 Å². The molecule has 1 aliphatic carbocycles. The molecule has 0 amide bonds. The van der Waals surface area contributed by atoms with Crippen LogP contribution < -0.4 is 0 Å². The Morgan fingerprint density at radius 1 is 1.22 bits per heavy atom. The summed E-state index contributed by atoms with van der Waals surface area (Å²) in [5.74, 6) is 0. The zero-order valence-corrected chi connectivity index (χ0v) is 11.6. The molecule has 0 radical (unpaired) electrons. The molecule has 0 aromatic heterocycles. The lowest BCUT2D eigenvalue weighted by molar-refractivity contribution is 0.219. The molecule has 2 aliphatic rings. The van der Waals surface area contributed by atoms with Gasteiger partial charge in [0.25, 0.3) is 0 Å². The standard InChI is InChI=1S/C15H20N2S/c1-11(12-7-3-2-4-8-12)17-13-9-5-6-10-14(13)18-15(17)16/h2-4,7-8,11,13-14,16H,5-6,9-10H2,1H3/t11-,13+,14-/m1/s1. The molecular weight excluding hydrogens is 240 g/mol. The van der Waals surface area contributed by atoms with Crippen molar-refractivity contribution in [2.24, 2.45) is 0 Å². The molecule has 3 heteroatoms. The lowest BCUT2D eigenvalue weighted by Crippen LogP contribution is -2.40. The van der Waals surface area contributed by atoms with Gasteiger partial charge in [-0.25, -0.2) is 0 Å². The minimum atomic E-state index is 0.333. The lowest BCUT2D eigenvalue weighted by atomic mass is 9.92. The third-order valence-corrected chi connectivity index (χ3v) is 5.51. The minimum Gasteiger partial charge on any atom is -0.341 e. The van der Waals surface area contributed by atoms with Gasteiger partial charge in [-0.2, -0.15) is 0 Å². The van der Waals surface area contributed by atoms with E-state index in [9.17, 15) is 0 Å². The van der Waals surface area contributed by atoms with E-state index in [-0.39, 0.29) is 0 Å². The fourth-order valence-corrected chi connectivity index (χ4v) is 4.65. The Balaban J connectivity index is 1.84. The number of thioether (sulfide) groups is 1. The maximum absolute atomic E-state index is 8.27. The molecule has 1 heterocycles. The van der Waals surface area contributed by atoms with E-state index in [1.165, 1.54) is 31.2 Å². The second-order valence-corrected chi connectivity index (χ2v) is 6.54. The summed E-state index contributed by atoms with van der Waals surface area (Å²) in [6.07, 6.45) is 5.22. The second-order valence-electron chi connectivity index (χ2n) is 5.31. The van der Waals surface area contributed by atoms with E-state index in [1.54, 1.807) is 11.8 Å². The number of benzene rings is 1. The topological polar surface area (TPSA) is 27.1 Å². The van der Waals surface area contributed by atoms with E-state index < -0.39 is 0 Å². The maximum Gasteiger partial charge on any atom is 0.157 e. The van der Waals surface area contributed by atoms with Gasteiger partial charge in [0, 0.05) is 11.3 Å². The Morgan fingerprint density at radius 3 is 2.72 bits per heavy atom. The summed E-state index contributed by atoms with van der Waals surface area (Å²) in [4.78, 5) is 2.35. The van der Waals surface area contributed by atoms with Crippen molar-refractivity contribution in [1.29, 1.82) is 5.41 Å². The molecule has 3 rings (SSSR count). The molecular formula is C15H20N2S. The fraction of sp³-hybridized carbons (Fsp3) is 0.533. The van der Waals surface area contributed by atoms with E-state index >= 15 is 0 Å². The average Bonchev–Trinajstić information content (AvgIpc) is 2.75. The first-order valence-electron chi connectivity index (χ1n) is 6.86. The molecule has 18 heavy (non-hydrogen) atoms. The van der Waals surface area contributed by atoms with Crippen molar-refractivity contribution in [3.63, 3.8) is 0 Å². The van der Waals surface area contributed by atoms with Crippen molar-refractivity contribution in [3.05, 3.63) is 35.9 Å². The molecule has 1 saturated carbocycles. The van der Waals surface area contributed by atoms with E-state index in [0.29, 0.717) is 17.3 Å². The molecule has 1 N–H and O–H groups in total. The van der Waals surface area contributed by atoms with Crippen LogP contribution in [0.2, 0.25) is 0 Å². The van der Waals surface area contributed by atoms with E-state index in [4.69, 9.17) is 5.41 Å². The number of fused-ring (bicyclic) bond motifs is 1. The van der Waals surface area contributed by atoms with Crippen LogP contribution in [0.5, 0.6) is 0 Å². The average molecular weight is 260 g/mol. The number of amidine groups is 1. The molecule has 1 aromatic rings. The van der Waals surface area contributed by atoms with Gasteiger partial charge in [0.1, 0.15) is 0 Å². The molecule has 1 aliphatic heterocycles. The predicted molar refractivity (Wildman–Crippen MR) is 78.1 cm³/mol. The summed E-state index contributed by atoms with van der Waals surface area (Å²) in [6, 6.07) is 11.5. The highest BCUT2D eigenvalue weighted by Crippen LogP contribution is 2.43. The summed E-state index contributed by atoms with van der Waals surface area (Å²) in [6.45, 7) is 2.24. The largest absolute Gasteiger partial charge is 0.341 e. The van der Waals surface area contributed by atoms with Gasteiger partial charge in [-0.3, -0.25) is 5.41 Å². The Kier molecular flexibility index (Phi) is 3.33. The molecule has 0 spiro atoms. The van der Waals surface area contributed by atoms with Crippen molar-refractivity contribution >= 4 is 16.9 Å². The Bertz CT molecular complexity index is 431. The lowest BCUT2D eigenvalue weighted by Gasteiger charge is -2.35. The minimum absolute atomic E-state index is 0.333. The molecule has 2 nitrogen and oxygen atoms in total. The quantitative estimate of drug-likeness (QED) is 0.868. The first-order chi connectivity index (χ1) is 8.77. The number of hydrogen-bond acceptors (Lipinski definition) is 2. The fourth-order valence-electron chi connectivity index (χ4n) is 3.24. The van der Waals surface area contributed by atoms with Gasteiger partial charge in [-0.15, -0.1) is 0 Å². The zero-order chi connectivity index (χ0) is 12.5. The normalized spacial score (nSPS) is 29.2. The number of rotatable bonds is 2. The third-order valence-electron chi connectivity index (χ3n) is 4.22.